The number of unbranched alkanes of at least 4 members (excludes halogenated alkanes) is 1. The zero-order valence-corrected chi connectivity index (χ0v) is 27.2. The molecule has 0 aliphatic carbocycles. The van der Waals surface area contributed by atoms with Crippen molar-refractivity contribution in [3.63, 3.8) is 0 Å². The lowest BCUT2D eigenvalue weighted by molar-refractivity contribution is -0.249. The van der Waals surface area contributed by atoms with E-state index in [2.05, 4.69) is 83.1 Å². The molecule has 10 nitrogen and oxygen atoms in total. The number of nitrogens with one attached hydrogen (secondary N) is 2. The molecule has 0 radical (unpaired) electrons. The number of carbonyl (C=O) groups excluding carboxylic acids is 3. The third kappa shape index (κ3) is 25.5. The van der Waals surface area contributed by atoms with E-state index in [-0.39, 0.29) is 32.0 Å². The number of amides is 2. The molecule has 0 aliphatic rings. The first-order valence-corrected chi connectivity index (χ1v) is 16.0. The summed E-state index contributed by atoms with van der Waals surface area (Å²) in [4.78, 5) is 35.8. The van der Waals surface area contributed by atoms with Crippen LogP contribution in [0.15, 0.2) is 72.9 Å². The lowest BCUT2D eigenvalue weighted by Crippen LogP contribution is -2.47. The van der Waals surface area contributed by atoms with Crippen molar-refractivity contribution in [1.29, 1.82) is 0 Å². The molecule has 0 aromatic rings. The molecule has 44 heavy (non-hydrogen) atoms. The van der Waals surface area contributed by atoms with Crippen molar-refractivity contribution in [2.45, 2.75) is 84.7 Å². The molecule has 2 amide bonds. The van der Waals surface area contributed by atoms with Gasteiger partial charge in [0.1, 0.15) is 6.10 Å². The zero-order chi connectivity index (χ0) is 32.9. The topological polar surface area (TPSA) is 154 Å². The Labute approximate surface area is 267 Å². The summed E-state index contributed by atoms with van der Waals surface area (Å²) in [6.45, 7) is 3.21. The zero-order valence-electron chi connectivity index (χ0n) is 26.4. The maximum atomic E-state index is 12.1. The van der Waals surface area contributed by atoms with E-state index in [9.17, 15) is 19.5 Å². The van der Waals surface area contributed by atoms with Crippen LogP contribution in [0.1, 0.15) is 72.1 Å². The van der Waals surface area contributed by atoms with Crippen LogP contribution in [0.25, 0.3) is 0 Å². The fourth-order valence-electron chi connectivity index (χ4n) is 3.31. The van der Waals surface area contributed by atoms with Gasteiger partial charge in [0.2, 0.25) is 11.8 Å². The summed E-state index contributed by atoms with van der Waals surface area (Å²) in [5, 5.41) is 32.8. The summed E-state index contributed by atoms with van der Waals surface area (Å²) in [7, 11) is 0. The third-order valence-corrected chi connectivity index (χ3v) is 6.46. The molecule has 0 aromatic carbocycles. The molecule has 0 heterocycles. The Morgan fingerprint density at radius 2 is 1.32 bits per heavy atom. The number of ether oxygens (including phenoxy) is 1. The van der Waals surface area contributed by atoms with Crippen LogP contribution in [0.5, 0.6) is 0 Å². The van der Waals surface area contributed by atoms with E-state index in [0.717, 1.165) is 57.0 Å². The molecule has 0 aromatic heterocycles. The minimum absolute atomic E-state index is 0.00414. The van der Waals surface area contributed by atoms with Crippen LogP contribution in [0.4, 0.5) is 0 Å². The Hall–Kier alpha value is -2.96. The monoisotopic (exact) mass is 636 g/mol. The second-order valence-corrected chi connectivity index (χ2v) is 11.1. The summed E-state index contributed by atoms with van der Waals surface area (Å²) in [6, 6.07) is 0. The summed E-state index contributed by atoms with van der Waals surface area (Å²) < 4.78 is 9.66. The molecule has 0 spiro atoms. The Kier molecular flexibility index (Phi) is 25.7. The van der Waals surface area contributed by atoms with E-state index in [1.54, 1.807) is 6.08 Å². The molecule has 0 bridgehead atoms. The number of allylic oxidation sites excluding steroid dienone is 11. The lowest BCUT2D eigenvalue weighted by atomic mass is 9.87. The number of hydrogen-bond acceptors (Lipinski definition) is 9. The van der Waals surface area contributed by atoms with Crippen LogP contribution < -0.4 is 10.6 Å². The first-order valence-electron chi connectivity index (χ1n) is 15.0. The second-order valence-electron chi connectivity index (χ2n) is 10.3. The number of aliphatic hydroxyl groups is 3. The van der Waals surface area contributed by atoms with Crippen LogP contribution in [0.3, 0.4) is 0 Å². The fourth-order valence-corrected chi connectivity index (χ4v) is 3.75. The van der Waals surface area contributed by atoms with Gasteiger partial charge < -0.3 is 34.9 Å². The van der Waals surface area contributed by atoms with Gasteiger partial charge in [-0.2, -0.15) is 0 Å². The minimum Gasteiger partial charge on any atom is -0.388 e. The van der Waals surface area contributed by atoms with E-state index in [4.69, 9.17) is 14.4 Å². The van der Waals surface area contributed by atoms with E-state index in [1.165, 1.54) is 19.9 Å². The highest BCUT2D eigenvalue weighted by Crippen LogP contribution is 2.21. The van der Waals surface area contributed by atoms with Gasteiger partial charge in [0.25, 0.3) is 6.48 Å². The number of carbonyl (C=O) groups is 3. The largest absolute Gasteiger partial charge is 0.388 e. The van der Waals surface area contributed by atoms with E-state index in [1.807, 2.05) is 0 Å². The Morgan fingerprint density at radius 3 is 1.89 bits per heavy atom. The van der Waals surface area contributed by atoms with Gasteiger partial charge in [0.05, 0.1) is 18.6 Å². The van der Waals surface area contributed by atoms with Crippen molar-refractivity contribution >= 4 is 29.8 Å². The van der Waals surface area contributed by atoms with Crippen molar-refractivity contribution in [3.8, 4) is 0 Å². The molecule has 248 valence electrons. The highest BCUT2D eigenvalue weighted by atomic mass is 32.2. The molecule has 1 unspecified atom stereocenters. The maximum Gasteiger partial charge on any atom is 0.342 e. The average molecular weight is 637 g/mol. The van der Waals surface area contributed by atoms with Gasteiger partial charge in [-0.3, -0.25) is 9.59 Å². The highest BCUT2D eigenvalue weighted by molar-refractivity contribution is 7.95. The van der Waals surface area contributed by atoms with Crippen molar-refractivity contribution < 1.29 is 38.6 Å². The van der Waals surface area contributed by atoms with Gasteiger partial charge in [-0.25, -0.2) is 4.79 Å². The molecular formula is C33H52N2O8S. The van der Waals surface area contributed by atoms with Gasteiger partial charge in [0, 0.05) is 36.8 Å². The second kappa shape index (κ2) is 27.6. The molecule has 5 N–H and O–H groups in total. The Balaban J connectivity index is 3.81. The molecule has 0 rings (SSSR count). The third-order valence-electron chi connectivity index (χ3n) is 5.80. The average Bonchev–Trinajstić information content (AvgIpc) is 2.98. The quantitative estimate of drug-likeness (QED) is 0.0319. The van der Waals surface area contributed by atoms with Crippen LogP contribution in [0.2, 0.25) is 0 Å². The molecule has 0 saturated heterocycles. The van der Waals surface area contributed by atoms with Gasteiger partial charge in [-0.1, -0.05) is 87.6 Å². The van der Waals surface area contributed by atoms with Gasteiger partial charge in [-0.05, 0) is 44.9 Å². The van der Waals surface area contributed by atoms with Crippen LogP contribution in [-0.2, 0) is 23.3 Å². The Bertz CT molecular complexity index is 971. The standard InChI is InChI=1S/C33H52N2O8S/c1-4-5-6-7-8-9-10-11-12-13-14-15-16-17-18-19-20-21-22-29(37)43-44-26-25-34-28(36)23-24-35-31(39)30(38)33(2,3)27-42-32(40)41/h5-6,8-9,11-12,14-15,17-18,21-22,30,32,38,40-41H,4,7,10,13,16,19-20,23-27H2,1-3H3,(H,34,36)(H,35,39)/b6-5?,9-8?,12-11?,15-14?,18-17?,22-21+. The van der Waals surface area contributed by atoms with Crippen LogP contribution in [-0.4, -0.2) is 71.1 Å². The summed E-state index contributed by atoms with van der Waals surface area (Å²) in [6.07, 6.45) is 29.6. The van der Waals surface area contributed by atoms with E-state index < -0.39 is 29.9 Å². The minimum atomic E-state index is -2.00. The number of rotatable bonds is 25. The molecular weight excluding hydrogens is 584 g/mol. The van der Waals surface area contributed by atoms with Crippen molar-refractivity contribution in [1.82, 2.24) is 10.6 Å². The fraction of sp³-hybridized carbons (Fsp3) is 0.545. The molecule has 11 heteroatoms. The maximum absolute atomic E-state index is 12.1. The van der Waals surface area contributed by atoms with Gasteiger partial charge in [-0.15, -0.1) is 0 Å². The first-order chi connectivity index (χ1) is 21.1. The predicted octanol–water partition coefficient (Wildman–Crippen LogP) is 4.56. The van der Waals surface area contributed by atoms with Crippen molar-refractivity contribution in [2.75, 3.05) is 25.4 Å². The van der Waals surface area contributed by atoms with Crippen molar-refractivity contribution in [2.24, 2.45) is 5.41 Å². The normalized spacial score (nSPS) is 13.4. The smallest absolute Gasteiger partial charge is 0.342 e. The Morgan fingerprint density at radius 1 is 0.773 bits per heavy atom. The van der Waals surface area contributed by atoms with E-state index >= 15 is 0 Å². The number of hydrogen-bond donors (Lipinski definition) is 5. The predicted molar refractivity (Wildman–Crippen MR) is 176 cm³/mol. The summed E-state index contributed by atoms with van der Waals surface area (Å²) in [5.41, 5.74) is -1.07. The molecule has 0 saturated carbocycles. The van der Waals surface area contributed by atoms with Crippen LogP contribution >= 0.6 is 12.0 Å². The molecule has 0 aliphatic heterocycles. The first kappa shape index (κ1) is 41.0. The van der Waals surface area contributed by atoms with Crippen LogP contribution in [0, 0.1) is 5.41 Å². The number of aliphatic hydroxyl groups excluding tert-OH is 2. The van der Waals surface area contributed by atoms with Gasteiger partial charge in [0.15, 0.2) is 0 Å². The molecule has 1 atom stereocenters. The lowest BCUT2D eigenvalue weighted by Gasteiger charge is -2.29. The summed E-state index contributed by atoms with van der Waals surface area (Å²) in [5.74, 6) is -1.12. The highest BCUT2D eigenvalue weighted by Gasteiger charge is 2.34. The summed E-state index contributed by atoms with van der Waals surface area (Å²) >= 11 is 0.937. The van der Waals surface area contributed by atoms with E-state index in [0.29, 0.717) is 5.75 Å². The van der Waals surface area contributed by atoms with Gasteiger partial charge >= 0.3 is 5.97 Å². The van der Waals surface area contributed by atoms with Crippen molar-refractivity contribution in [3.05, 3.63) is 72.9 Å². The molecule has 0 fully saturated rings. The SMILES string of the molecule is CCC=CCC=CCC=CCC=CCC=CCC/C=C/C(=O)OSCCNC(=O)CCNC(=O)C(O)C(C)(C)COC(O)O.